The molecule has 0 amide bonds. The fourth-order valence-electron chi connectivity index (χ4n) is 1.25. The van der Waals surface area contributed by atoms with Crippen molar-refractivity contribution in [3.8, 4) is 0 Å². The van der Waals surface area contributed by atoms with Crippen LogP contribution in [0.1, 0.15) is 53.9 Å². The molecule has 1 unspecified atom stereocenters. The summed E-state index contributed by atoms with van der Waals surface area (Å²) in [6.45, 7) is 13.1. The number of hydrogen-bond acceptors (Lipinski definition) is 2. The summed E-state index contributed by atoms with van der Waals surface area (Å²) in [6, 6.07) is 0. The summed E-state index contributed by atoms with van der Waals surface area (Å²) in [5, 5.41) is 3.58. The summed E-state index contributed by atoms with van der Waals surface area (Å²) >= 11 is 0. The van der Waals surface area contributed by atoms with Gasteiger partial charge in [-0.3, -0.25) is 0 Å². The molecule has 0 saturated carbocycles. The van der Waals surface area contributed by atoms with Crippen molar-refractivity contribution in [3.05, 3.63) is 0 Å². The normalized spacial score (nSPS) is 16.7. The van der Waals surface area contributed by atoms with Crippen LogP contribution in [0.25, 0.3) is 0 Å². The highest BCUT2D eigenvalue weighted by Gasteiger charge is 2.21. The van der Waals surface area contributed by atoms with Crippen LogP contribution in [0.4, 0.5) is 0 Å². The molecular weight excluding hydrogens is 172 g/mol. The van der Waals surface area contributed by atoms with Crippen molar-refractivity contribution < 1.29 is 0 Å². The Labute approximate surface area is 89.6 Å². The monoisotopic (exact) mass is 200 g/mol. The van der Waals surface area contributed by atoms with Crippen LogP contribution in [0.3, 0.4) is 0 Å². The Morgan fingerprint density at radius 3 is 2.00 bits per heavy atom. The van der Waals surface area contributed by atoms with Gasteiger partial charge in [0, 0.05) is 5.54 Å². The molecule has 2 heteroatoms. The average Bonchev–Trinajstić information content (AvgIpc) is 2.17. The maximum atomic E-state index is 5.77. The molecule has 0 aliphatic rings. The van der Waals surface area contributed by atoms with Crippen LogP contribution >= 0.6 is 0 Å². The first-order valence-corrected chi connectivity index (χ1v) is 5.84. The zero-order valence-corrected chi connectivity index (χ0v) is 10.6. The van der Waals surface area contributed by atoms with Gasteiger partial charge in [0.05, 0.1) is 0 Å². The molecule has 0 aliphatic carbocycles. The van der Waals surface area contributed by atoms with E-state index in [2.05, 4.69) is 39.9 Å². The van der Waals surface area contributed by atoms with Crippen molar-refractivity contribution in [1.82, 2.24) is 5.32 Å². The van der Waals surface area contributed by atoms with Crippen molar-refractivity contribution in [3.63, 3.8) is 0 Å². The van der Waals surface area contributed by atoms with Crippen molar-refractivity contribution in [2.24, 2.45) is 11.1 Å². The fourth-order valence-corrected chi connectivity index (χ4v) is 1.25. The van der Waals surface area contributed by atoms with Gasteiger partial charge in [-0.2, -0.15) is 0 Å². The van der Waals surface area contributed by atoms with Crippen molar-refractivity contribution in [1.29, 1.82) is 0 Å². The molecule has 0 saturated heterocycles. The summed E-state index contributed by atoms with van der Waals surface area (Å²) in [5.41, 5.74) is 6.36. The van der Waals surface area contributed by atoms with E-state index < -0.39 is 0 Å². The predicted molar refractivity (Wildman–Crippen MR) is 64.4 cm³/mol. The van der Waals surface area contributed by atoms with Crippen LogP contribution in [-0.2, 0) is 0 Å². The largest absolute Gasteiger partial charge is 0.330 e. The number of hydrogen-bond donors (Lipinski definition) is 2. The molecule has 0 aromatic heterocycles. The Bertz CT molecular complexity index is 148. The van der Waals surface area contributed by atoms with E-state index in [1.807, 2.05) is 0 Å². The maximum absolute atomic E-state index is 5.77. The molecule has 0 aromatic carbocycles. The van der Waals surface area contributed by atoms with Crippen LogP contribution in [0.15, 0.2) is 0 Å². The van der Waals surface area contributed by atoms with Gasteiger partial charge in [-0.25, -0.2) is 0 Å². The van der Waals surface area contributed by atoms with E-state index in [1.54, 1.807) is 0 Å². The highest BCUT2D eigenvalue weighted by molar-refractivity contribution is 4.79. The zero-order chi connectivity index (χ0) is 11.2. The first kappa shape index (κ1) is 13.9. The third-order valence-corrected chi connectivity index (χ3v) is 3.56. The lowest BCUT2D eigenvalue weighted by atomic mass is 9.84. The first-order valence-electron chi connectivity index (χ1n) is 5.84. The van der Waals surface area contributed by atoms with Crippen LogP contribution < -0.4 is 11.1 Å². The summed E-state index contributed by atoms with van der Waals surface area (Å²) in [7, 11) is 0. The molecule has 0 fully saturated rings. The summed E-state index contributed by atoms with van der Waals surface area (Å²) in [6.07, 6.45) is 3.50. The third-order valence-electron chi connectivity index (χ3n) is 3.56. The topological polar surface area (TPSA) is 38.0 Å². The molecule has 86 valence electrons. The second-order valence-electron chi connectivity index (χ2n) is 5.28. The molecule has 0 spiro atoms. The quantitative estimate of drug-likeness (QED) is 0.663. The SMILES string of the molecule is CCC(C)(CN)CCNC(C)(C)CC. The minimum Gasteiger partial charge on any atom is -0.330 e. The molecule has 0 aromatic rings. The van der Waals surface area contributed by atoms with Gasteiger partial charge < -0.3 is 11.1 Å². The van der Waals surface area contributed by atoms with Crippen molar-refractivity contribution in [2.75, 3.05) is 13.1 Å². The molecule has 1 atom stereocenters. The summed E-state index contributed by atoms with van der Waals surface area (Å²) < 4.78 is 0. The lowest BCUT2D eigenvalue weighted by molar-refractivity contribution is 0.268. The minimum atomic E-state index is 0.267. The molecule has 0 bridgehead atoms. The minimum absolute atomic E-state index is 0.267. The van der Waals surface area contributed by atoms with Crippen LogP contribution in [0.5, 0.6) is 0 Å². The molecule has 0 radical (unpaired) electrons. The van der Waals surface area contributed by atoms with Crippen molar-refractivity contribution >= 4 is 0 Å². The highest BCUT2D eigenvalue weighted by atomic mass is 14.9. The molecule has 0 heterocycles. The van der Waals surface area contributed by atoms with E-state index in [4.69, 9.17) is 5.73 Å². The second kappa shape index (κ2) is 5.72. The molecule has 0 rings (SSSR count). The average molecular weight is 200 g/mol. The number of nitrogens with two attached hydrogens (primary N) is 1. The van der Waals surface area contributed by atoms with E-state index in [-0.39, 0.29) is 5.54 Å². The third kappa shape index (κ3) is 4.97. The van der Waals surface area contributed by atoms with E-state index in [1.165, 1.54) is 12.8 Å². The van der Waals surface area contributed by atoms with Gasteiger partial charge in [0.15, 0.2) is 0 Å². The Hall–Kier alpha value is -0.0800. The Morgan fingerprint density at radius 2 is 1.64 bits per heavy atom. The second-order valence-corrected chi connectivity index (χ2v) is 5.28. The fraction of sp³-hybridized carbons (Fsp3) is 1.00. The summed E-state index contributed by atoms with van der Waals surface area (Å²) in [5.74, 6) is 0. The van der Waals surface area contributed by atoms with E-state index >= 15 is 0 Å². The van der Waals surface area contributed by atoms with Gasteiger partial charge in [-0.15, -0.1) is 0 Å². The Balaban J connectivity index is 3.83. The van der Waals surface area contributed by atoms with Gasteiger partial charge in [-0.05, 0) is 51.6 Å². The zero-order valence-electron chi connectivity index (χ0n) is 10.6. The Morgan fingerprint density at radius 1 is 1.07 bits per heavy atom. The van der Waals surface area contributed by atoms with Crippen molar-refractivity contribution in [2.45, 2.75) is 59.4 Å². The van der Waals surface area contributed by atoms with Crippen LogP contribution in [0, 0.1) is 5.41 Å². The predicted octanol–water partition coefficient (Wildman–Crippen LogP) is 2.53. The molecule has 2 nitrogen and oxygen atoms in total. The van der Waals surface area contributed by atoms with E-state index in [0.717, 1.165) is 19.5 Å². The van der Waals surface area contributed by atoms with E-state index in [9.17, 15) is 0 Å². The van der Waals surface area contributed by atoms with Gasteiger partial charge in [0.1, 0.15) is 0 Å². The number of nitrogens with one attached hydrogen (secondary N) is 1. The molecule has 3 N–H and O–H groups in total. The van der Waals surface area contributed by atoms with Gasteiger partial charge >= 0.3 is 0 Å². The lowest BCUT2D eigenvalue weighted by Crippen LogP contribution is -2.41. The summed E-state index contributed by atoms with van der Waals surface area (Å²) in [4.78, 5) is 0. The number of rotatable bonds is 7. The molecule has 14 heavy (non-hydrogen) atoms. The molecular formula is C12H28N2. The smallest absolute Gasteiger partial charge is 0.0122 e. The Kier molecular flexibility index (Phi) is 5.68. The standard InChI is InChI=1S/C12H28N2/c1-6-11(3,4)14-9-8-12(5,7-2)10-13/h14H,6-10,13H2,1-5H3. The molecule has 0 aliphatic heterocycles. The maximum Gasteiger partial charge on any atom is 0.0122 e. The van der Waals surface area contributed by atoms with Gasteiger partial charge in [-0.1, -0.05) is 20.8 Å². The first-order chi connectivity index (χ1) is 6.39. The van der Waals surface area contributed by atoms with E-state index in [0.29, 0.717) is 5.41 Å². The highest BCUT2D eigenvalue weighted by Crippen LogP contribution is 2.23. The van der Waals surface area contributed by atoms with Gasteiger partial charge in [0.2, 0.25) is 0 Å². The van der Waals surface area contributed by atoms with Crippen LogP contribution in [-0.4, -0.2) is 18.6 Å². The lowest BCUT2D eigenvalue weighted by Gasteiger charge is -2.30. The van der Waals surface area contributed by atoms with Crippen LogP contribution in [0.2, 0.25) is 0 Å². The van der Waals surface area contributed by atoms with Gasteiger partial charge in [0.25, 0.3) is 0 Å².